The van der Waals surface area contributed by atoms with Gasteiger partial charge in [-0.15, -0.1) is 0 Å². The summed E-state index contributed by atoms with van der Waals surface area (Å²) in [5.41, 5.74) is 40.1. The lowest BCUT2D eigenvalue weighted by Crippen LogP contribution is -2.60. The third-order valence-corrected chi connectivity index (χ3v) is 11.3. The summed E-state index contributed by atoms with van der Waals surface area (Å²) in [4.78, 5) is 120. The molecule has 9 amide bonds. The van der Waals surface area contributed by atoms with Crippen molar-refractivity contribution in [2.24, 2.45) is 61.0 Å². The number of amides is 9. The van der Waals surface area contributed by atoms with Crippen LogP contribution in [0.5, 0.6) is 11.5 Å². The van der Waals surface area contributed by atoms with E-state index in [1.165, 1.54) is 43.3 Å². The fraction of sp³-hybridized carbons (Fsp3) is 0.531. The van der Waals surface area contributed by atoms with Crippen molar-refractivity contribution >= 4 is 65.3 Å². The standard InChI is InChI=1S/C49H80N18O10/c1-28(2)25-38(44(75)62-35(10-7-23-58-47(54)55)42(73)64-37(40(51)71)26-30-12-16-32(69)17-13-30)65-43(74)36(11-8-24-59-48(56)67-49(77)60-21-5-4-20-50)63-45(76)39(27-31-14-18-33(70)19-15-31)66-41(72)34(61-29(3)68)9-6-22-57-46(52)53/h12-19,28,34-39,69-70H,4-11,20-27,50H2,1-3H3,(H2,51,71)(H,61,68)(H,62,75)(H,63,76)(H,64,73)(H,65,74)(H,66,72)(H4,52,53,57)(H4,54,55,58)(H4,56,59,60,67,77)/t34-,35-,36-,37-,38-,39-/m0/s1. The van der Waals surface area contributed by atoms with E-state index in [4.69, 9.17) is 40.1 Å². The van der Waals surface area contributed by atoms with Crippen LogP contribution < -0.4 is 82.7 Å². The van der Waals surface area contributed by atoms with E-state index in [1.54, 1.807) is 26.0 Å². The third kappa shape index (κ3) is 27.6. The number of hydrogen-bond donors (Lipinski definition) is 17. The third-order valence-electron chi connectivity index (χ3n) is 11.3. The number of nitrogens with zero attached hydrogens (tertiary/aromatic N) is 3. The Kier molecular flexibility index (Phi) is 29.4. The molecule has 28 heteroatoms. The lowest BCUT2D eigenvalue weighted by Gasteiger charge is -2.28. The molecule has 0 fully saturated rings. The van der Waals surface area contributed by atoms with Crippen LogP contribution in [-0.4, -0.2) is 144 Å². The first kappa shape index (κ1) is 64.7. The van der Waals surface area contributed by atoms with Crippen LogP contribution in [0.4, 0.5) is 4.79 Å². The zero-order valence-electron chi connectivity index (χ0n) is 44.0. The highest BCUT2D eigenvalue weighted by molar-refractivity contribution is 5.97. The number of aliphatic imine (C=N–C) groups is 3. The van der Waals surface area contributed by atoms with Crippen LogP contribution in [0.25, 0.3) is 0 Å². The number of rotatable bonds is 34. The normalized spacial score (nSPS) is 13.4. The molecule has 28 nitrogen and oxygen atoms in total. The fourth-order valence-corrected chi connectivity index (χ4v) is 7.46. The number of aromatic hydroxyl groups is 2. The number of carbonyl (C=O) groups is 8. The number of hydrogen-bond acceptors (Lipinski definition) is 14. The number of guanidine groups is 3. The number of benzene rings is 2. The Bertz CT molecular complexity index is 2320. The van der Waals surface area contributed by atoms with Gasteiger partial charge in [0, 0.05) is 45.9 Å². The molecule has 0 aromatic heterocycles. The summed E-state index contributed by atoms with van der Waals surface area (Å²) in [6.45, 7) is 5.73. The summed E-state index contributed by atoms with van der Waals surface area (Å²) >= 11 is 0. The second-order valence-electron chi connectivity index (χ2n) is 18.5. The minimum absolute atomic E-state index is 0.0191. The maximum atomic E-state index is 14.6. The Morgan fingerprint density at radius 2 is 0.896 bits per heavy atom. The van der Waals surface area contributed by atoms with E-state index in [-0.39, 0.29) is 113 Å². The highest BCUT2D eigenvalue weighted by Crippen LogP contribution is 2.15. The Balaban J connectivity index is 2.55. The molecule has 0 heterocycles. The van der Waals surface area contributed by atoms with Gasteiger partial charge in [0.1, 0.15) is 47.8 Å². The number of urea groups is 1. The van der Waals surface area contributed by atoms with Crippen LogP contribution in [0, 0.1) is 5.92 Å². The lowest BCUT2D eigenvalue weighted by molar-refractivity contribution is -0.135. The molecule has 2 rings (SSSR count). The van der Waals surface area contributed by atoms with Crippen LogP contribution in [0.2, 0.25) is 0 Å². The number of phenolic OH excluding ortho intramolecular Hbond substituents is 2. The predicted octanol–water partition coefficient (Wildman–Crippen LogP) is -3.42. The van der Waals surface area contributed by atoms with Crippen molar-refractivity contribution < 1.29 is 48.6 Å². The zero-order valence-corrected chi connectivity index (χ0v) is 44.0. The first-order valence-electron chi connectivity index (χ1n) is 25.3. The number of carbonyl (C=O) groups excluding carboxylic acids is 8. The van der Waals surface area contributed by atoms with Crippen molar-refractivity contribution in [3.63, 3.8) is 0 Å². The van der Waals surface area contributed by atoms with Crippen LogP contribution in [0.3, 0.4) is 0 Å². The Labute approximate surface area is 447 Å². The summed E-state index contributed by atoms with van der Waals surface area (Å²) < 4.78 is 0. The number of primary amides is 1. The molecular weight excluding hydrogens is 1000 g/mol. The van der Waals surface area contributed by atoms with Crippen molar-refractivity contribution in [3.05, 3.63) is 59.7 Å². The van der Waals surface area contributed by atoms with Crippen LogP contribution in [0.1, 0.15) is 89.7 Å². The van der Waals surface area contributed by atoms with Gasteiger partial charge in [0.25, 0.3) is 0 Å². The van der Waals surface area contributed by atoms with Gasteiger partial charge in [-0.2, -0.15) is 0 Å². The van der Waals surface area contributed by atoms with Gasteiger partial charge >= 0.3 is 6.03 Å². The summed E-state index contributed by atoms with van der Waals surface area (Å²) in [7, 11) is 0. The van der Waals surface area contributed by atoms with Crippen molar-refractivity contribution in [1.82, 2.24) is 42.5 Å². The van der Waals surface area contributed by atoms with E-state index in [1.807, 2.05) is 0 Å². The SMILES string of the molecule is CC(=O)N[C@@H](CCCN=C(N)N)C(=O)N[C@@H](Cc1ccc(O)cc1)C(=O)N[C@@H](CCCN=C(N)NC(=O)NCCCCN)C(=O)N[C@@H](CC(C)C)C(=O)N[C@@H](CCCN=C(N)N)C(=O)N[C@@H](Cc1ccc(O)cc1)C(N)=O. The number of unbranched alkanes of at least 4 members (excludes halogenated alkanes) is 1. The van der Waals surface area contributed by atoms with E-state index >= 15 is 0 Å². The smallest absolute Gasteiger partial charge is 0.321 e. The van der Waals surface area contributed by atoms with Crippen molar-refractivity contribution in [1.29, 1.82) is 0 Å². The Morgan fingerprint density at radius 3 is 1.32 bits per heavy atom. The minimum atomic E-state index is -1.43. The lowest BCUT2D eigenvalue weighted by atomic mass is 10.00. The molecule has 426 valence electrons. The van der Waals surface area contributed by atoms with E-state index < -0.39 is 83.6 Å². The van der Waals surface area contributed by atoms with E-state index in [2.05, 4.69) is 57.5 Å². The largest absolute Gasteiger partial charge is 0.508 e. The molecule has 0 aliphatic heterocycles. The first-order valence-corrected chi connectivity index (χ1v) is 25.3. The molecule has 2 aromatic rings. The summed E-state index contributed by atoms with van der Waals surface area (Å²) in [6.07, 6.45) is 1.55. The fourth-order valence-electron chi connectivity index (χ4n) is 7.46. The molecule has 0 aliphatic rings. The highest BCUT2D eigenvalue weighted by Gasteiger charge is 2.34. The molecule has 24 N–H and O–H groups in total. The van der Waals surface area contributed by atoms with Gasteiger partial charge in [-0.25, -0.2) is 4.79 Å². The van der Waals surface area contributed by atoms with Gasteiger partial charge in [0.05, 0.1) is 0 Å². The van der Waals surface area contributed by atoms with Gasteiger partial charge in [-0.3, -0.25) is 53.9 Å². The molecule has 0 saturated carbocycles. The average Bonchev–Trinajstić information content (AvgIpc) is 3.35. The van der Waals surface area contributed by atoms with E-state index in [0.717, 1.165) is 0 Å². The molecule has 2 aromatic carbocycles. The number of nitrogens with two attached hydrogens (primary N) is 7. The van der Waals surface area contributed by atoms with Crippen LogP contribution in [0.15, 0.2) is 63.5 Å². The zero-order chi connectivity index (χ0) is 57.5. The summed E-state index contributed by atoms with van der Waals surface area (Å²) in [5.74, 6) is -6.41. The van der Waals surface area contributed by atoms with Crippen molar-refractivity contribution in [2.75, 3.05) is 32.7 Å². The van der Waals surface area contributed by atoms with Gasteiger partial charge in [-0.05, 0) is 106 Å². The average molecular weight is 1080 g/mol. The van der Waals surface area contributed by atoms with Gasteiger partial charge < -0.3 is 87.6 Å². The van der Waals surface area contributed by atoms with E-state index in [0.29, 0.717) is 37.1 Å². The van der Waals surface area contributed by atoms with Crippen LogP contribution in [-0.2, 0) is 46.4 Å². The molecule has 0 aliphatic carbocycles. The maximum Gasteiger partial charge on any atom is 0.321 e. The molecule has 6 atom stereocenters. The molecule has 0 unspecified atom stereocenters. The molecule has 0 saturated heterocycles. The second-order valence-corrected chi connectivity index (χ2v) is 18.5. The maximum absolute atomic E-state index is 14.6. The molecule has 77 heavy (non-hydrogen) atoms. The molecule has 0 radical (unpaired) electrons. The molecular formula is C49H80N18O10. The minimum Gasteiger partial charge on any atom is -0.508 e. The van der Waals surface area contributed by atoms with Crippen LogP contribution >= 0.6 is 0 Å². The second kappa shape index (κ2) is 34.9. The van der Waals surface area contributed by atoms with Crippen molar-refractivity contribution in [2.45, 2.75) is 128 Å². The van der Waals surface area contributed by atoms with Crippen molar-refractivity contribution in [3.8, 4) is 11.5 Å². The number of phenols is 2. The van der Waals surface area contributed by atoms with E-state index in [9.17, 15) is 48.6 Å². The predicted molar refractivity (Wildman–Crippen MR) is 290 cm³/mol. The monoisotopic (exact) mass is 1080 g/mol. The first-order chi connectivity index (χ1) is 36.5. The summed E-state index contributed by atoms with van der Waals surface area (Å²) in [5, 5.41) is 40.7. The highest BCUT2D eigenvalue weighted by atomic mass is 16.3. The van der Waals surface area contributed by atoms with Gasteiger partial charge in [-0.1, -0.05) is 38.1 Å². The quantitative estimate of drug-likeness (QED) is 0.0184. The molecule has 0 bridgehead atoms. The molecule has 0 spiro atoms. The summed E-state index contributed by atoms with van der Waals surface area (Å²) in [6, 6.07) is 3.24. The van der Waals surface area contributed by atoms with Gasteiger partial charge in [0.2, 0.25) is 41.4 Å². The number of nitrogens with one attached hydrogen (secondary N) is 8. The topological polar surface area (TPSA) is 492 Å². The Morgan fingerprint density at radius 1 is 0.506 bits per heavy atom. The Hall–Kier alpha value is -8.43. The van der Waals surface area contributed by atoms with Gasteiger partial charge in [0.15, 0.2) is 17.9 Å².